The fourth-order valence-electron chi connectivity index (χ4n) is 1.97. The highest BCUT2D eigenvalue weighted by Gasteiger charge is 2.05. The topological polar surface area (TPSA) is 79.3 Å². The minimum atomic E-state index is -0.951. The highest BCUT2D eigenvalue weighted by Crippen LogP contribution is 2.11. The van der Waals surface area contributed by atoms with E-state index in [0.29, 0.717) is 13.0 Å². The standard InChI is InChI=1S/C16H18N2O3S/c1-11-10-22-15(18-11)4-2-3-14(19)17-9-12-5-7-13(8-6-12)16(20)21/h5-8,10H,2-4,9H2,1H3,(H,17,19)(H,20,21). The SMILES string of the molecule is Cc1csc(CCCC(=O)NCc2ccc(C(=O)O)cc2)n1. The number of rotatable bonds is 7. The second kappa shape index (κ2) is 7.70. The molecule has 2 aromatic rings. The van der Waals surface area contributed by atoms with Gasteiger partial charge in [-0.05, 0) is 37.5 Å². The summed E-state index contributed by atoms with van der Waals surface area (Å²) in [4.78, 5) is 26.9. The molecule has 0 bridgehead atoms. The van der Waals surface area contributed by atoms with Crippen LogP contribution in [0.15, 0.2) is 29.6 Å². The predicted molar refractivity (Wildman–Crippen MR) is 85.0 cm³/mol. The Balaban J connectivity index is 1.69. The lowest BCUT2D eigenvalue weighted by molar-refractivity contribution is -0.121. The first-order valence-corrected chi connectivity index (χ1v) is 7.92. The van der Waals surface area contributed by atoms with Crippen molar-refractivity contribution in [3.8, 4) is 0 Å². The van der Waals surface area contributed by atoms with Crippen LogP contribution < -0.4 is 5.32 Å². The van der Waals surface area contributed by atoms with Gasteiger partial charge in [0, 0.05) is 24.0 Å². The molecule has 6 heteroatoms. The molecule has 0 saturated carbocycles. The molecule has 0 saturated heterocycles. The largest absolute Gasteiger partial charge is 0.478 e. The number of carboxylic acid groups (broad SMARTS) is 1. The molecule has 22 heavy (non-hydrogen) atoms. The number of benzene rings is 1. The van der Waals surface area contributed by atoms with E-state index in [1.54, 1.807) is 23.5 Å². The van der Waals surface area contributed by atoms with Crippen LogP contribution >= 0.6 is 11.3 Å². The molecular weight excluding hydrogens is 300 g/mol. The van der Waals surface area contributed by atoms with E-state index in [1.165, 1.54) is 12.1 Å². The molecular formula is C16H18N2O3S. The van der Waals surface area contributed by atoms with Gasteiger partial charge < -0.3 is 10.4 Å². The number of thiazole rings is 1. The van der Waals surface area contributed by atoms with E-state index in [2.05, 4.69) is 10.3 Å². The van der Waals surface area contributed by atoms with Crippen molar-refractivity contribution in [2.24, 2.45) is 0 Å². The molecule has 116 valence electrons. The summed E-state index contributed by atoms with van der Waals surface area (Å²) in [6.45, 7) is 2.37. The van der Waals surface area contributed by atoms with Gasteiger partial charge in [0.25, 0.3) is 0 Å². The summed E-state index contributed by atoms with van der Waals surface area (Å²) in [7, 11) is 0. The van der Waals surface area contributed by atoms with Crippen LogP contribution in [0.3, 0.4) is 0 Å². The molecule has 2 rings (SSSR count). The summed E-state index contributed by atoms with van der Waals surface area (Å²) in [5, 5.41) is 14.7. The van der Waals surface area contributed by atoms with Crippen molar-refractivity contribution in [3.05, 3.63) is 51.5 Å². The van der Waals surface area contributed by atoms with Crippen LogP contribution in [0.4, 0.5) is 0 Å². The van der Waals surface area contributed by atoms with E-state index in [0.717, 1.165) is 29.1 Å². The van der Waals surface area contributed by atoms with Crippen LogP contribution in [0, 0.1) is 6.92 Å². The van der Waals surface area contributed by atoms with Crippen LogP contribution in [0.25, 0.3) is 0 Å². The fraction of sp³-hybridized carbons (Fsp3) is 0.312. The van der Waals surface area contributed by atoms with Crippen LogP contribution in [0.2, 0.25) is 0 Å². The Hall–Kier alpha value is -2.21. The number of carbonyl (C=O) groups excluding carboxylic acids is 1. The molecule has 0 fully saturated rings. The summed E-state index contributed by atoms with van der Waals surface area (Å²) in [5.74, 6) is -0.955. The van der Waals surface area contributed by atoms with Crippen molar-refractivity contribution in [1.82, 2.24) is 10.3 Å². The van der Waals surface area contributed by atoms with Crippen LogP contribution in [0.5, 0.6) is 0 Å². The zero-order valence-corrected chi connectivity index (χ0v) is 13.2. The third kappa shape index (κ3) is 4.96. The lowest BCUT2D eigenvalue weighted by Gasteiger charge is -2.05. The van der Waals surface area contributed by atoms with Crippen molar-refractivity contribution in [2.75, 3.05) is 0 Å². The van der Waals surface area contributed by atoms with E-state index in [-0.39, 0.29) is 11.5 Å². The van der Waals surface area contributed by atoms with Gasteiger partial charge in [-0.25, -0.2) is 9.78 Å². The van der Waals surface area contributed by atoms with Gasteiger partial charge in [0.2, 0.25) is 5.91 Å². The number of nitrogens with one attached hydrogen (secondary N) is 1. The maximum absolute atomic E-state index is 11.8. The molecule has 0 atom stereocenters. The number of hydrogen-bond acceptors (Lipinski definition) is 4. The molecule has 1 heterocycles. The quantitative estimate of drug-likeness (QED) is 0.823. The van der Waals surface area contributed by atoms with Gasteiger partial charge >= 0.3 is 5.97 Å². The molecule has 5 nitrogen and oxygen atoms in total. The first kappa shape index (κ1) is 16.2. The second-order valence-electron chi connectivity index (χ2n) is 5.01. The number of amides is 1. The van der Waals surface area contributed by atoms with Crippen molar-refractivity contribution >= 4 is 23.2 Å². The number of carbonyl (C=O) groups is 2. The number of aryl methyl sites for hydroxylation is 2. The van der Waals surface area contributed by atoms with Crippen LogP contribution in [-0.2, 0) is 17.8 Å². The number of carboxylic acids is 1. The summed E-state index contributed by atoms with van der Waals surface area (Å²) in [5.41, 5.74) is 2.15. The predicted octanol–water partition coefficient (Wildman–Crippen LogP) is 2.79. The van der Waals surface area contributed by atoms with Gasteiger partial charge in [0.15, 0.2) is 0 Å². The maximum Gasteiger partial charge on any atom is 0.335 e. The Kier molecular flexibility index (Phi) is 5.66. The summed E-state index contributed by atoms with van der Waals surface area (Å²) < 4.78 is 0. The number of aromatic nitrogens is 1. The molecule has 0 aliphatic rings. The number of aromatic carboxylic acids is 1. The first-order valence-electron chi connectivity index (χ1n) is 7.04. The molecule has 1 aromatic carbocycles. The Morgan fingerprint density at radius 2 is 2.00 bits per heavy atom. The zero-order valence-electron chi connectivity index (χ0n) is 12.3. The summed E-state index contributed by atoms with van der Waals surface area (Å²) >= 11 is 1.62. The third-order valence-corrected chi connectivity index (χ3v) is 4.18. The minimum Gasteiger partial charge on any atom is -0.478 e. The van der Waals surface area contributed by atoms with Gasteiger partial charge in [-0.15, -0.1) is 11.3 Å². The molecule has 2 N–H and O–H groups in total. The monoisotopic (exact) mass is 318 g/mol. The van der Waals surface area contributed by atoms with Gasteiger partial charge in [0.1, 0.15) is 0 Å². The van der Waals surface area contributed by atoms with Gasteiger partial charge in [-0.2, -0.15) is 0 Å². The molecule has 0 unspecified atom stereocenters. The Labute approximate surface area is 133 Å². The molecule has 0 radical (unpaired) electrons. The van der Waals surface area contributed by atoms with Gasteiger partial charge in [-0.3, -0.25) is 4.79 Å². The second-order valence-corrected chi connectivity index (χ2v) is 5.96. The maximum atomic E-state index is 11.8. The number of hydrogen-bond donors (Lipinski definition) is 2. The number of nitrogens with zero attached hydrogens (tertiary/aromatic N) is 1. The normalized spacial score (nSPS) is 10.4. The molecule has 0 aliphatic heterocycles. The highest BCUT2D eigenvalue weighted by molar-refractivity contribution is 7.09. The van der Waals surface area contributed by atoms with Crippen molar-refractivity contribution in [1.29, 1.82) is 0 Å². The van der Waals surface area contributed by atoms with E-state index < -0.39 is 5.97 Å². The fourth-order valence-corrected chi connectivity index (χ4v) is 2.79. The van der Waals surface area contributed by atoms with E-state index >= 15 is 0 Å². The van der Waals surface area contributed by atoms with E-state index in [1.807, 2.05) is 12.3 Å². The average molecular weight is 318 g/mol. The molecule has 0 spiro atoms. The third-order valence-electron chi connectivity index (χ3n) is 3.15. The lowest BCUT2D eigenvalue weighted by Crippen LogP contribution is -2.22. The molecule has 1 aromatic heterocycles. The summed E-state index contributed by atoms with van der Waals surface area (Å²) in [6.07, 6.45) is 2.06. The molecule has 1 amide bonds. The van der Waals surface area contributed by atoms with Crippen molar-refractivity contribution < 1.29 is 14.7 Å². The van der Waals surface area contributed by atoms with Gasteiger partial charge in [0.05, 0.1) is 10.6 Å². The van der Waals surface area contributed by atoms with Crippen molar-refractivity contribution in [3.63, 3.8) is 0 Å². The zero-order chi connectivity index (χ0) is 15.9. The van der Waals surface area contributed by atoms with E-state index in [4.69, 9.17) is 5.11 Å². The lowest BCUT2D eigenvalue weighted by atomic mass is 10.1. The summed E-state index contributed by atoms with van der Waals surface area (Å²) in [6, 6.07) is 6.49. The first-order chi connectivity index (χ1) is 10.5. The Morgan fingerprint density at radius 1 is 1.27 bits per heavy atom. The Morgan fingerprint density at radius 3 is 2.59 bits per heavy atom. The molecule has 0 aliphatic carbocycles. The van der Waals surface area contributed by atoms with Crippen LogP contribution in [0.1, 0.15) is 39.5 Å². The smallest absolute Gasteiger partial charge is 0.335 e. The van der Waals surface area contributed by atoms with E-state index in [9.17, 15) is 9.59 Å². The van der Waals surface area contributed by atoms with Gasteiger partial charge in [-0.1, -0.05) is 12.1 Å². The average Bonchev–Trinajstić information content (AvgIpc) is 2.91. The highest BCUT2D eigenvalue weighted by atomic mass is 32.1. The minimum absolute atomic E-state index is 0.00408. The Bertz CT molecular complexity index is 650. The van der Waals surface area contributed by atoms with Crippen LogP contribution in [-0.4, -0.2) is 22.0 Å². The van der Waals surface area contributed by atoms with Crippen molar-refractivity contribution in [2.45, 2.75) is 32.7 Å².